The normalized spacial score (nSPS) is 17.9. The summed E-state index contributed by atoms with van der Waals surface area (Å²) < 4.78 is 17.6. The Hall–Kier alpha value is -3.40. The summed E-state index contributed by atoms with van der Waals surface area (Å²) in [5.41, 5.74) is 2.97. The molecule has 1 saturated heterocycles. The number of benzene rings is 1. The highest BCUT2D eigenvalue weighted by Gasteiger charge is 2.39. The molecule has 0 unspecified atom stereocenters. The van der Waals surface area contributed by atoms with Gasteiger partial charge in [0.15, 0.2) is 0 Å². The number of rotatable bonds is 4. The van der Waals surface area contributed by atoms with Gasteiger partial charge in [-0.05, 0) is 71.2 Å². The van der Waals surface area contributed by atoms with Gasteiger partial charge in [-0.3, -0.25) is 0 Å². The van der Waals surface area contributed by atoms with Crippen molar-refractivity contribution in [1.82, 2.24) is 40.3 Å². The second-order valence-corrected chi connectivity index (χ2v) is 10.3. The number of nitrogens with zero attached hydrogens (tertiary/aromatic N) is 7. The van der Waals surface area contributed by atoms with Crippen molar-refractivity contribution < 1.29 is 9.50 Å². The molecule has 1 aromatic carbocycles. The van der Waals surface area contributed by atoms with Gasteiger partial charge in [-0.2, -0.15) is 9.49 Å². The maximum absolute atomic E-state index is 14.5. The number of phenols is 1. The van der Waals surface area contributed by atoms with E-state index in [0.717, 1.165) is 12.8 Å². The zero-order valence-corrected chi connectivity index (χ0v) is 20.0. The number of halogens is 1. The second kappa shape index (κ2) is 7.83. The van der Waals surface area contributed by atoms with Crippen molar-refractivity contribution in [3.63, 3.8) is 0 Å². The number of aromatic nitrogens is 7. The predicted molar refractivity (Wildman–Crippen MR) is 127 cm³/mol. The minimum absolute atomic E-state index is 0.0240. The lowest BCUT2D eigenvalue weighted by Crippen LogP contribution is -2.58. The maximum Gasteiger partial charge on any atom is 0.219 e. The molecule has 0 saturated carbocycles. The largest absolute Gasteiger partial charge is 0.507 e. The summed E-state index contributed by atoms with van der Waals surface area (Å²) in [6, 6.07) is 6.86. The van der Waals surface area contributed by atoms with Crippen LogP contribution in [0.25, 0.3) is 33.5 Å². The molecule has 1 aliphatic rings. The van der Waals surface area contributed by atoms with Crippen molar-refractivity contribution in [2.45, 2.75) is 71.1 Å². The Bertz CT molecular complexity index is 1360. The van der Waals surface area contributed by atoms with Gasteiger partial charge in [-0.15, -0.1) is 15.3 Å². The van der Waals surface area contributed by atoms with Crippen LogP contribution in [0, 0.1) is 5.95 Å². The van der Waals surface area contributed by atoms with Gasteiger partial charge in [-0.25, -0.2) is 9.36 Å². The van der Waals surface area contributed by atoms with Crippen LogP contribution < -0.4 is 5.32 Å². The van der Waals surface area contributed by atoms with E-state index in [0.29, 0.717) is 40.1 Å². The third kappa shape index (κ3) is 3.91. The average Bonchev–Trinajstić information content (AvgIpc) is 3.34. The summed E-state index contributed by atoms with van der Waals surface area (Å²) in [5, 5.41) is 35.9. The van der Waals surface area contributed by atoms with E-state index >= 15 is 0 Å². The monoisotopic (exact) mass is 464 g/mol. The molecule has 2 N–H and O–H groups in total. The third-order valence-electron chi connectivity index (χ3n) is 6.39. The van der Waals surface area contributed by atoms with Gasteiger partial charge in [0, 0.05) is 23.2 Å². The van der Waals surface area contributed by atoms with Crippen molar-refractivity contribution in [3.8, 4) is 28.1 Å². The summed E-state index contributed by atoms with van der Waals surface area (Å²) in [4.78, 5) is 0. The standard InChI is InChI=1S/C24H29FN8O/c1-6-32-21(25)17(13-26-32)14-7-8-16(20(34)9-14)18-10-19-22(29-27-18)33(31-28-19)15-11-23(2,3)30-24(4,5)12-15/h7-10,13,15,30,34H,6,11-12H2,1-5H3. The number of nitrogens with one attached hydrogen (secondary N) is 1. The average molecular weight is 465 g/mol. The smallest absolute Gasteiger partial charge is 0.219 e. The first-order valence-corrected chi connectivity index (χ1v) is 11.5. The number of fused-ring (bicyclic) bond motifs is 1. The van der Waals surface area contributed by atoms with Crippen molar-refractivity contribution in [1.29, 1.82) is 0 Å². The van der Waals surface area contributed by atoms with Gasteiger partial charge in [0.05, 0.1) is 23.5 Å². The summed E-state index contributed by atoms with van der Waals surface area (Å²) in [7, 11) is 0. The molecule has 1 aliphatic heterocycles. The van der Waals surface area contributed by atoms with Crippen LogP contribution in [0.2, 0.25) is 0 Å². The number of phenolic OH excluding ortho intramolecular Hbond substituents is 1. The second-order valence-electron chi connectivity index (χ2n) is 10.3. The van der Waals surface area contributed by atoms with Crippen molar-refractivity contribution in [2.75, 3.05) is 0 Å². The molecular formula is C24H29FN8O. The quantitative estimate of drug-likeness (QED) is 0.468. The Kier molecular flexibility index (Phi) is 5.16. The third-order valence-corrected chi connectivity index (χ3v) is 6.39. The lowest BCUT2D eigenvalue weighted by Gasteiger charge is -2.46. The van der Waals surface area contributed by atoms with E-state index < -0.39 is 5.95 Å². The molecule has 0 aliphatic carbocycles. The molecule has 3 aromatic heterocycles. The number of hydrogen-bond acceptors (Lipinski definition) is 7. The van der Waals surface area contributed by atoms with Crippen molar-refractivity contribution in [3.05, 3.63) is 36.4 Å². The SMILES string of the molecule is CCn1ncc(-c2ccc(-c3cc4nnn(C5CC(C)(C)NC(C)(C)C5)c4nn3)c(O)c2)c1F. The molecule has 4 heterocycles. The first-order chi connectivity index (χ1) is 16.1. The van der Waals surface area contributed by atoms with Crippen LogP contribution in [0.15, 0.2) is 30.5 Å². The van der Waals surface area contributed by atoms with Crippen LogP contribution in [0.4, 0.5) is 4.39 Å². The Morgan fingerprint density at radius 3 is 2.44 bits per heavy atom. The molecule has 178 valence electrons. The van der Waals surface area contributed by atoms with Crippen LogP contribution in [0.3, 0.4) is 0 Å². The molecule has 4 aromatic rings. The van der Waals surface area contributed by atoms with Gasteiger partial charge in [0.25, 0.3) is 0 Å². The van der Waals surface area contributed by atoms with Crippen LogP contribution >= 0.6 is 0 Å². The Morgan fingerprint density at radius 2 is 1.79 bits per heavy atom. The minimum atomic E-state index is -0.434. The van der Waals surface area contributed by atoms with Crippen LogP contribution in [0.5, 0.6) is 5.75 Å². The lowest BCUT2D eigenvalue weighted by atomic mass is 9.80. The molecule has 0 atom stereocenters. The fourth-order valence-electron chi connectivity index (χ4n) is 5.27. The maximum atomic E-state index is 14.5. The molecule has 9 nitrogen and oxygen atoms in total. The fourth-order valence-corrected chi connectivity index (χ4v) is 5.27. The number of aryl methyl sites for hydroxylation is 1. The highest BCUT2D eigenvalue weighted by Crippen LogP contribution is 2.37. The zero-order valence-electron chi connectivity index (χ0n) is 20.0. The predicted octanol–water partition coefficient (Wildman–Crippen LogP) is 4.10. The zero-order chi connectivity index (χ0) is 24.3. The minimum Gasteiger partial charge on any atom is -0.507 e. The Morgan fingerprint density at radius 1 is 1.06 bits per heavy atom. The fraction of sp³-hybridized carbons (Fsp3) is 0.458. The van der Waals surface area contributed by atoms with Crippen LogP contribution in [-0.2, 0) is 6.54 Å². The van der Waals surface area contributed by atoms with E-state index in [9.17, 15) is 9.50 Å². The molecule has 0 radical (unpaired) electrons. The molecule has 0 amide bonds. The molecule has 10 heteroatoms. The number of aromatic hydroxyl groups is 1. The highest BCUT2D eigenvalue weighted by atomic mass is 19.1. The highest BCUT2D eigenvalue weighted by molar-refractivity contribution is 5.79. The van der Waals surface area contributed by atoms with Gasteiger partial charge < -0.3 is 10.4 Å². The van der Waals surface area contributed by atoms with E-state index in [1.165, 1.54) is 16.9 Å². The van der Waals surface area contributed by atoms with Gasteiger partial charge in [-0.1, -0.05) is 11.3 Å². The van der Waals surface area contributed by atoms with Crippen LogP contribution in [0.1, 0.15) is 53.5 Å². The number of hydrogen-bond donors (Lipinski definition) is 2. The van der Waals surface area contributed by atoms with Gasteiger partial charge >= 0.3 is 0 Å². The van der Waals surface area contributed by atoms with Gasteiger partial charge in [0.1, 0.15) is 11.3 Å². The van der Waals surface area contributed by atoms with Crippen LogP contribution in [-0.4, -0.2) is 51.2 Å². The Balaban J connectivity index is 1.47. The topological polar surface area (TPSA) is 107 Å². The van der Waals surface area contributed by atoms with E-state index in [1.54, 1.807) is 18.2 Å². The molecule has 1 fully saturated rings. The first kappa shape index (κ1) is 22.4. The number of piperidine rings is 1. The molecule has 0 bridgehead atoms. The summed E-state index contributed by atoms with van der Waals surface area (Å²) in [6.45, 7) is 11.0. The molecule has 34 heavy (non-hydrogen) atoms. The summed E-state index contributed by atoms with van der Waals surface area (Å²) in [5.74, 6) is -0.458. The van der Waals surface area contributed by atoms with E-state index in [1.807, 2.05) is 11.6 Å². The van der Waals surface area contributed by atoms with Gasteiger partial charge in [0.2, 0.25) is 11.6 Å². The van der Waals surface area contributed by atoms with E-state index in [-0.39, 0.29) is 22.9 Å². The molecule has 5 rings (SSSR count). The van der Waals surface area contributed by atoms with Crippen molar-refractivity contribution >= 4 is 11.2 Å². The van der Waals surface area contributed by atoms with Crippen molar-refractivity contribution in [2.24, 2.45) is 0 Å². The van der Waals surface area contributed by atoms with E-state index in [4.69, 9.17) is 0 Å². The lowest BCUT2D eigenvalue weighted by molar-refractivity contribution is 0.127. The Labute approximate surface area is 197 Å². The molecular weight excluding hydrogens is 435 g/mol. The summed E-state index contributed by atoms with van der Waals surface area (Å²) >= 11 is 0. The molecule has 0 spiro atoms. The van der Waals surface area contributed by atoms with E-state index in [2.05, 4.69) is 58.6 Å². The first-order valence-electron chi connectivity index (χ1n) is 11.5. The summed E-state index contributed by atoms with van der Waals surface area (Å²) in [6.07, 6.45) is 3.25.